The Bertz CT molecular complexity index is 2680. The van der Waals surface area contributed by atoms with Gasteiger partial charge in [-0.3, -0.25) is 0 Å². The van der Waals surface area contributed by atoms with Crippen molar-refractivity contribution in [1.29, 1.82) is 0 Å². The predicted octanol–water partition coefficient (Wildman–Crippen LogP) is 10.5. The number of nitrogens with zero attached hydrogens (tertiary/aromatic N) is 3. The maximum Gasteiger partial charge on any atom is 0.0979 e. The van der Waals surface area contributed by atoms with Gasteiger partial charge in [-0.1, -0.05) is 97.1 Å². The first-order chi connectivity index (χ1) is 20.8. The van der Waals surface area contributed by atoms with Gasteiger partial charge in [0.25, 0.3) is 0 Å². The van der Waals surface area contributed by atoms with E-state index in [1.807, 2.05) is 29.5 Å². The van der Waals surface area contributed by atoms with E-state index in [4.69, 9.17) is 9.97 Å². The lowest BCUT2D eigenvalue weighted by Crippen LogP contribution is -1.96. The van der Waals surface area contributed by atoms with Gasteiger partial charge < -0.3 is 4.40 Å². The maximum atomic E-state index is 5.32. The molecule has 194 valence electrons. The molecule has 4 aromatic heterocycles. The topological polar surface area (TPSA) is 30.2 Å². The number of aromatic nitrogens is 3. The summed E-state index contributed by atoms with van der Waals surface area (Å²) in [6.45, 7) is 0. The first-order valence-electron chi connectivity index (χ1n) is 14.2. The normalized spacial score (nSPS) is 12.3. The smallest absolute Gasteiger partial charge is 0.0979 e. The Morgan fingerprint density at radius 2 is 1.12 bits per heavy atom. The molecular weight excluding hydrogens is 531 g/mol. The van der Waals surface area contributed by atoms with Gasteiger partial charge in [-0.25, -0.2) is 9.97 Å². The highest BCUT2D eigenvalue weighted by atomic mass is 32.1. The van der Waals surface area contributed by atoms with Gasteiger partial charge in [-0.05, 0) is 41.1 Å². The fourth-order valence-corrected chi connectivity index (χ4v) is 8.24. The molecule has 0 atom stereocenters. The monoisotopic (exact) mass is 551 g/mol. The molecule has 0 aliphatic rings. The Labute approximate surface area is 244 Å². The molecule has 0 amide bonds. The third-order valence-corrected chi connectivity index (χ3v) is 9.87. The van der Waals surface area contributed by atoms with Gasteiger partial charge >= 0.3 is 0 Å². The van der Waals surface area contributed by atoms with Crippen molar-refractivity contribution >= 4 is 80.6 Å². The van der Waals surface area contributed by atoms with Gasteiger partial charge in [0.15, 0.2) is 0 Å². The van der Waals surface area contributed by atoms with Gasteiger partial charge in [-0.15, -0.1) is 11.3 Å². The van der Waals surface area contributed by atoms with Crippen LogP contribution in [0.25, 0.3) is 91.8 Å². The molecule has 3 nitrogen and oxygen atoms in total. The van der Waals surface area contributed by atoms with E-state index in [2.05, 4.69) is 114 Å². The molecule has 6 aromatic carbocycles. The van der Waals surface area contributed by atoms with E-state index in [9.17, 15) is 0 Å². The number of hydrogen-bond acceptors (Lipinski definition) is 3. The van der Waals surface area contributed by atoms with E-state index in [-0.39, 0.29) is 0 Å². The Morgan fingerprint density at radius 1 is 0.500 bits per heavy atom. The largest absolute Gasteiger partial charge is 0.307 e. The molecule has 0 radical (unpaired) electrons. The number of rotatable bonds is 2. The Kier molecular flexibility index (Phi) is 4.33. The molecule has 10 aromatic rings. The third kappa shape index (κ3) is 2.84. The average molecular weight is 552 g/mol. The summed E-state index contributed by atoms with van der Waals surface area (Å²) in [7, 11) is 0. The maximum absolute atomic E-state index is 5.32. The molecule has 42 heavy (non-hydrogen) atoms. The van der Waals surface area contributed by atoms with Crippen LogP contribution >= 0.6 is 11.3 Å². The minimum absolute atomic E-state index is 0.903. The quantitative estimate of drug-likeness (QED) is 0.214. The summed E-state index contributed by atoms with van der Waals surface area (Å²) in [6, 6.07) is 45.4. The van der Waals surface area contributed by atoms with E-state index in [1.165, 1.54) is 58.3 Å². The van der Waals surface area contributed by atoms with Crippen molar-refractivity contribution in [1.82, 2.24) is 14.4 Å². The van der Waals surface area contributed by atoms with Crippen LogP contribution in [0.15, 0.2) is 127 Å². The van der Waals surface area contributed by atoms with E-state index >= 15 is 0 Å². The van der Waals surface area contributed by atoms with Crippen molar-refractivity contribution in [2.45, 2.75) is 0 Å². The summed E-state index contributed by atoms with van der Waals surface area (Å²) in [6.07, 6.45) is 0. The molecule has 0 unspecified atom stereocenters. The molecule has 4 heterocycles. The summed E-state index contributed by atoms with van der Waals surface area (Å²) >= 11 is 1.89. The first kappa shape index (κ1) is 22.4. The molecule has 0 saturated carbocycles. The van der Waals surface area contributed by atoms with Crippen LogP contribution in [-0.4, -0.2) is 14.4 Å². The highest BCUT2D eigenvalue weighted by Crippen LogP contribution is 2.50. The molecular formula is C38H21N3S. The second kappa shape index (κ2) is 8.12. The Balaban J connectivity index is 1.47. The Morgan fingerprint density at radius 3 is 1.93 bits per heavy atom. The van der Waals surface area contributed by atoms with E-state index in [1.54, 1.807) is 0 Å². The van der Waals surface area contributed by atoms with Gasteiger partial charge in [0.2, 0.25) is 0 Å². The summed E-state index contributed by atoms with van der Waals surface area (Å²) < 4.78 is 5.10. The number of benzene rings is 6. The number of hydrogen-bond donors (Lipinski definition) is 0. The van der Waals surface area contributed by atoms with E-state index < -0.39 is 0 Å². The van der Waals surface area contributed by atoms with E-state index in [0.717, 1.165) is 33.5 Å². The second-order valence-corrected chi connectivity index (χ2v) is 12.0. The molecule has 0 spiro atoms. The number of thiophene rings is 1. The zero-order chi connectivity index (χ0) is 27.4. The summed E-state index contributed by atoms with van der Waals surface area (Å²) in [4.78, 5) is 10.5. The third-order valence-electron chi connectivity index (χ3n) is 8.71. The second-order valence-electron chi connectivity index (χ2n) is 11.0. The van der Waals surface area contributed by atoms with Crippen LogP contribution in [0.2, 0.25) is 0 Å². The Hall–Kier alpha value is -5.32. The zero-order valence-corrected chi connectivity index (χ0v) is 23.2. The van der Waals surface area contributed by atoms with E-state index in [0.29, 0.717) is 0 Å². The van der Waals surface area contributed by atoms with Crippen molar-refractivity contribution < 1.29 is 0 Å². The first-order valence-corrected chi connectivity index (χ1v) is 15.0. The fourth-order valence-electron chi connectivity index (χ4n) is 6.97. The molecule has 0 saturated heterocycles. The van der Waals surface area contributed by atoms with Gasteiger partial charge in [-0.2, -0.15) is 0 Å². The van der Waals surface area contributed by atoms with Crippen LogP contribution in [0.5, 0.6) is 0 Å². The van der Waals surface area contributed by atoms with Crippen LogP contribution in [-0.2, 0) is 0 Å². The molecule has 4 heteroatoms. The minimum atomic E-state index is 0.903. The highest BCUT2D eigenvalue weighted by molar-refractivity contribution is 7.27. The molecule has 0 fully saturated rings. The number of para-hydroxylation sites is 4. The lowest BCUT2D eigenvalue weighted by molar-refractivity contribution is 1.30. The van der Waals surface area contributed by atoms with Gasteiger partial charge in [0, 0.05) is 37.4 Å². The van der Waals surface area contributed by atoms with Crippen LogP contribution in [0.4, 0.5) is 0 Å². The minimum Gasteiger partial charge on any atom is -0.307 e. The van der Waals surface area contributed by atoms with Gasteiger partial charge in [0.05, 0.1) is 43.7 Å². The van der Waals surface area contributed by atoms with Gasteiger partial charge in [0.1, 0.15) is 0 Å². The molecule has 0 aliphatic heterocycles. The van der Waals surface area contributed by atoms with Crippen LogP contribution in [0.1, 0.15) is 0 Å². The average Bonchev–Trinajstić information content (AvgIpc) is 3.54. The summed E-state index contributed by atoms with van der Waals surface area (Å²) in [5.41, 5.74) is 9.61. The lowest BCUT2D eigenvalue weighted by atomic mass is 9.93. The molecule has 0 N–H and O–H groups in total. The summed E-state index contributed by atoms with van der Waals surface area (Å²) in [5, 5.41) is 7.63. The van der Waals surface area contributed by atoms with Crippen LogP contribution in [0, 0.1) is 0 Å². The van der Waals surface area contributed by atoms with Crippen molar-refractivity contribution in [2.75, 3.05) is 0 Å². The number of fused-ring (bicyclic) bond motifs is 7. The van der Waals surface area contributed by atoms with Crippen molar-refractivity contribution in [3.05, 3.63) is 127 Å². The molecule has 10 rings (SSSR count). The lowest BCUT2D eigenvalue weighted by Gasteiger charge is -2.14. The van der Waals surface area contributed by atoms with Crippen LogP contribution < -0.4 is 0 Å². The SMILES string of the molecule is c1ccc(-c2nc3ccccc3nc2-c2cc3sc4c5ccccc5n5c6ccccc6c6cccc2c6c3c45)cc1. The fraction of sp³-hybridized carbons (Fsp3) is 0. The van der Waals surface area contributed by atoms with Crippen molar-refractivity contribution in [3.63, 3.8) is 0 Å². The zero-order valence-electron chi connectivity index (χ0n) is 22.4. The standard InChI is InChI=1S/C38H21N3S/c1-2-11-22(12-3-1)35-36(40-29-18-7-6-17-28(29)39-35)27-21-32-34-33-24(15-10-16-25(27)33)23-13-4-8-19-30(23)41-31-20-9-5-14-26(31)38(42-32)37(34)41/h1-21H. The summed E-state index contributed by atoms with van der Waals surface area (Å²) in [5.74, 6) is 0. The van der Waals surface area contributed by atoms with Crippen LogP contribution in [0.3, 0.4) is 0 Å². The van der Waals surface area contributed by atoms with Crippen molar-refractivity contribution in [2.24, 2.45) is 0 Å². The molecule has 0 aliphatic carbocycles. The highest BCUT2D eigenvalue weighted by Gasteiger charge is 2.24. The predicted molar refractivity (Wildman–Crippen MR) is 178 cm³/mol. The molecule has 0 bridgehead atoms. The van der Waals surface area contributed by atoms with Crippen molar-refractivity contribution in [3.8, 4) is 22.5 Å².